The minimum absolute atomic E-state index is 0.0520. The van der Waals surface area contributed by atoms with Gasteiger partial charge in [-0.1, -0.05) is 6.58 Å². The molecule has 1 aromatic heterocycles. The molecule has 1 aromatic carbocycles. The van der Waals surface area contributed by atoms with Crippen LogP contribution in [0.2, 0.25) is 0 Å². The molecule has 2 rings (SSSR count). The van der Waals surface area contributed by atoms with Crippen molar-refractivity contribution >= 4 is 5.78 Å². The number of carbonyl (C=O) groups is 1. The van der Waals surface area contributed by atoms with Crippen LogP contribution in [0, 0.1) is 0 Å². The second-order valence-electron chi connectivity index (χ2n) is 3.94. The highest BCUT2D eigenvalue weighted by Crippen LogP contribution is 2.26. The van der Waals surface area contributed by atoms with Gasteiger partial charge in [-0.15, -0.1) is 0 Å². The van der Waals surface area contributed by atoms with E-state index < -0.39 is 0 Å². The first kappa shape index (κ1) is 13.9. The van der Waals surface area contributed by atoms with Gasteiger partial charge in [0.1, 0.15) is 5.75 Å². The lowest BCUT2D eigenvalue weighted by Gasteiger charge is -2.05. The molecule has 2 aromatic rings. The Labute approximate surface area is 116 Å². The van der Waals surface area contributed by atoms with E-state index in [1.54, 1.807) is 38.3 Å². The molecular formula is C15H15NO4. The molecule has 0 saturated heterocycles. The second kappa shape index (κ2) is 6.06. The van der Waals surface area contributed by atoms with E-state index in [2.05, 4.69) is 11.6 Å². The van der Waals surface area contributed by atoms with Crippen LogP contribution in [0.1, 0.15) is 17.4 Å². The Morgan fingerprint density at radius 3 is 2.65 bits per heavy atom. The maximum Gasteiger partial charge on any atom is 0.249 e. The number of ketones is 1. The Morgan fingerprint density at radius 2 is 2.05 bits per heavy atom. The number of Topliss-reactive ketones (excluding diaryl/α,β-unsaturated/α-hetero) is 1. The maximum atomic E-state index is 12.1. The molecule has 0 aliphatic rings. The highest BCUT2D eigenvalue weighted by atomic mass is 16.5. The normalized spacial score (nSPS) is 10.1. The van der Waals surface area contributed by atoms with Crippen molar-refractivity contribution in [3.63, 3.8) is 0 Å². The Bertz CT molecular complexity index is 613. The number of allylic oxidation sites excluding steroid dienone is 1. The van der Waals surface area contributed by atoms with Crippen molar-refractivity contribution in [2.24, 2.45) is 0 Å². The minimum Gasteiger partial charge on any atom is -0.497 e. The van der Waals surface area contributed by atoms with Gasteiger partial charge in [-0.05, 0) is 31.2 Å². The largest absolute Gasteiger partial charge is 0.497 e. The molecule has 0 aliphatic heterocycles. The van der Waals surface area contributed by atoms with Gasteiger partial charge in [0.2, 0.25) is 5.78 Å². The fraction of sp³-hybridized carbons (Fsp3) is 0.200. The average molecular weight is 273 g/mol. The van der Waals surface area contributed by atoms with Gasteiger partial charge in [-0.2, -0.15) is 0 Å². The van der Waals surface area contributed by atoms with E-state index in [-0.39, 0.29) is 17.2 Å². The van der Waals surface area contributed by atoms with Crippen LogP contribution in [0.4, 0.5) is 0 Å². The van der Waals surface area contributed by atoms with Crippen LogP contribution in [0.3, 0.4) is 0 Å². The summed E-state index contributed by atoms with van der Waals surface area (Å²) >= 11 is 0. The van der Waals surface area contributed by atoms with Crippen molar-refractivity contribution in [2.45, 2.75) is 6.92 Å². The van der Waals surface area contributed by atoms with Gasteiger partial charge in [0.25, 0.3) is 0 Å². The Balaban J connectivity index is 2.32. The summed E-state index contributed by atoms with van der Waals surface area (Å²) in [6.45, 7) is 5.75. The predicted molar refractivity (Wildman–Crippen MR) is 73.6 cm³/mol. The zero-order valence-electron chi connectivity index (χ0n) is 11.4. The maximum absolute atomic E-state index is 12.1. The SMILES string of the molecule is C=C(OCC)C(=O)c1ncoc1-c1ccc(OC)cc1. The fourth-order valence-corrected chi connectivity index (χ4v) is 1.73. The second-order valence-corrected chi connectivity index (χ2v) is 3.94. The number of hydrogen-bond acceptors (Lipinski definition) is 5. The first-order chi connectivity index (χ1) is 9.67. The molecule has 0 atom stereocenters. The predicted octanol–water partition coefficient (Wildman–Crippen LogP) is 3.08. The third-order valence-corrected chi connectivity index (χ3v) is 2.71. The number of nitrogens with zero attached hydrogens (tertiary/aromatic N) is 1. The van der Waals surface area contributed by atoms with Crippen molar-refractivity contribution < 1.29 is 18.7 Å². The first-order valence-corrected chi connectivity index (χ1v) is 6.11. The number of methoxy groups -OCH3 is 1. The molecule has 0 bridgehead atoms. The third-order valence-electron chi connectivity index (χ3n) is 2.71. The molecule has 0 aliphatic carbocycles. The van der Waals surface area contributed by atoms with Gasteiger partial charge >= 0.3 is 0 Å². The molecule has 5 nitrogen and oxygen atoms in total. The lowest BCUT2D eigenvalue weighted by molar-refractivity contribution is 0.0925. The number of carbonyl (C=O) groups excluding carboxylic acids is 1. The molecule has 5 heteroatoms. The smallest absolute Gasteiger partial charge is 0.249 e. The van der Waals surface area contributed by atoms with Crippen LogP contribution in [0.15, 0.2) is 47.4 Å². The van der Waals surface area contributed by atoms with E-state index in [1.165, 1.54) is 6.39 Å². The van der Waals surface area contributed by atoms with Gasteiger partial charge in [-0.3, -0.25) is 4.79 Å². The number of ether oxygens (including phenoxy) is 2. The summed E-state index contributed by atoms with van der Waals surface area (Å²) < 4.78 is 15.5. The van der Waals surface area contributed by atoms with Crippen LogP contribution >= 0.6 is 0 Å². The van der Waals surface area contributed by atoms with Gasteiger partial charge in [0, 0.05) is 5.56 Å². The van der Waals surface area contributed by atoms with Crippen LogP contribution in [-0.2, 0) is 4.74 Å². The molecule has 20 heavy (non-hydrogen) atoms. The number of hydrogen-bond donors (Lipinski definition) is 0. The molecule has 104 valence electrons. The molecule has 0 radical (unpaired) electrons. The molecule has 1 heterocycles. The van der Waals surface area contributed by atoms with Crippen molar-refractivity contribution in [1.29, 1.82) is 0 Å². The zero-order chi connectivity index (χ0) is 14.5. The van der Waals surface area contributed by atoms with Crippen LogP contribution in [-0.4, -0.2) is 24.5 Å². The van der Waals surface area contributed by atoms with E-state index in [0.29, 0.717) is 12.4 Å². The highest BCUT2D eigenvalue weighted by molar-refractivity contribution is 6.08. The highest BCUT2D eigenvalue weighted by Gasteiger charge is 2.21. The summed E-state index contributed by atoms with van der Waals surface area (Å²) in [5.41, 5.74) is 0.921. The summed E-state index contributed by atoms with van der Waals surface area (Å²) in [5.74, 6) is 0.779. The van der Waals surface area contributed by atoms with E-state index >= 15 is 0 Å². The van der Waals surface area contributed by atoms with Crippen molar-refractivity contribution in [3.8, 4) is 17.1 Å². The lowest BCUT2D eigenvalue weighted by Crippen LogP contribution is -2.07. The quantitative estimate of drug-likeness (QED) is 0.460. The van der Waals surface area contributed by atoms with E-state index in [1.807, 2.05) is 0 Å². The lowest BCUT2D eigenvalue weighted by atomic mass is 10.1. The Hall–Kier alpha value is -2.56. The van der Waals surface area contributed by atoms with Gasteiger partial charge in [0.05, 0.1) is 13.7 Å². The van der Waals surface area contributed by atoms with Crippen molar-refractivity contribution in [3.05, 3.63) is 48.7 Å². The van der Waals surface area contributed by atoms with Gasteiger partial charge in [0.15, 0.2) is 23.6 Å². The van der Waals surface area contributed by atoms with Crippen LogP contribution in [0.5, 0.6) is 5.75 Å². The van der Waals surface area contributed by atoms with Crippen molar-refractivity contribution in [2.75, 3.05) is 13.7 Å². The molecule has 0 fully saturated rings. The van der Waals surface area contributed by atoms with Crippen molar-refractivity contribution in [1.82, 2.24) is 4.98 Å². The van der Waals surface area contributed by atoms with Crippen LogP contribution < -0.4 is 4.74 Å². The summed E-state index contributed by atoms with van der Waals surface area (Å²) in [6, 6.07) is 7.14. The fourth-order valence-electron chi connectivity index (χ4n) is 1.73. The van der Waals surface area contributed by atoms with Gasteiger partial charge < -0.3 is 13.9 Å². The van der Waals surface area contributed by atoms with E-state index in [9.17, 15) is 4.79 Å². The monoisotopic (exact) mass is 273 g/mol. The summed E-state index contributed by atoms with van der Waals surface area (Å²) in [6.07, 6.45) is 1.23. The summed E-state index contributed by atoms with van der Waals surface area (Å²) in [4.78, 5) is 16.1. The third kappa shape index (κ3) is 2.71. The molecule has 0 amide bonds. The van der Waals surface area contributed by atoms with E-state index in [4.69, 9.17) is 13.9 Å². The summed E-state index contributed by atoms with van der Waals surface area (Å²) in [7, 11) is 1.59. The number of oxazole rings is 1. The number of aromatic nitrogens is 1. The van der Waals surface area contributed by atoms with E-state index in [0.717, 1.165) is 11.3 Å². The number of benzene rings is 1. The summed E-state index contributed by atoms with van der Waals surface area (Å²) in [5, 5.41) is 0. The average Bonchev–Trinajstić information content (AvgIpc) is 2.96. The topological polar surface area (TPSA) is 61.6 Å². The van der Waals surface area contributed by atoms with Crippen LogP contribution in [0.25, 0.3) is 11.3 Å². The minimum atomic E-state index is -0.383. The zero-order valence-corrected chi connectivity index (χ0v) is 11.4. The number of rotatable bonds is 6. The standard InChI is InChI=1S/C15H15NO4/c1-4-19-10(2)14(17)13-15(20-9-16-13)11-5-7-12(18-3)8-6-11/h5-9H,2,4H2,1,3H3. The molecule has 0 N–H and O–H groups in total. The molecule has 0 spiro atoms. The molecule has 0 unspecified atom stereocenters. The molecule has 0 saturated carbocycles. The Kier molecular flexibility index (Phi) is 4.20. The molecular weight excluding hydrogens is 258 g/mol. The first-order valence-electron chi connectivity index (χ1n) is 6.11. The Morgan fingerprint density at radius 1 is 1.35 bits per heavy atom. The van der Waals surface area contributed by atoms with Gasteiger partial charge in [-0.25, -0.2) is 4.98 Å².